The van der Waals surface area contributed by atoms with Gasteiger partial charge in [-0.2, -0.15) is 5.10 Å². The molecule has 4 aromatic rings. The van der Waals surface area contributed by atoms with Crippen molar-refractivity contribution in [2.75, 3.05) is 27.9 Å². The third kappa shape index (κ3) is 4.39. The second-order valence-corrected chi connectivity index (χ2v) is 7.77. The molecule has 0 bridgehead atoms. The number of aromatic nitrogens is 5. The maximum atomic E-state index is 12.9. The summed E-state index contributed by atoms with van der Waals surface area (Å²) in [7, 11) is 4.69. The smallest absolute Gasteiger partial charge is 0.256 e. The Balaban J connectivity index is 1.60. The van der Waals surface area contributed by atoms with Crippen LogP contribution in [0.4, 0.5) is 0 Å². The van der Waals surface area contributed by atoms with Gasteiger partial charge >= 0.3 is 0 Å². The number of hydrogen-bond acceptors (Lipinski definition) is 7. The van der Waals surface area contributed by atoms with Gasteiger partial charge in [0.15, 0.2) is 17.1 Å². The van der Waals surface area contributed by atoms with E-state index in [1.807, 2.05) is 38.2 Å². The summed E-state index contributed by atoms with van der Waals surface area (Å²) in [6.45, 7) is 5.18. The van der Waals surface area contributed by atoms with Crippen LogP contribution in [0.2, 0.25) is 0 Å². The lowest BCUT2D eigenvalue weighted by Gasteiger charge is -2.14. The third-order valence-corrected chi connectivity index (χ3v) is 5.64. The zero-order valence-corrected chi connectivity index (χ0v) is 20.0. The van der Waals surface area contributed by atoms with Crippen LogP contribution in [0.3, 0.4) is 0 Å². The van der Waals surface area contributed by atoms with Crippen molar-refractivity contribution in [3.8, 4) is 28.5 Å². The molecule has 1 amide bonds. The lowest BCUT2D eigenvalue weighted by molar-refractivity contribution is 0.0954. The normalized spacial score (nSPS) is 11.0. The fraction of sp³-hybridized carbons (Fsp3) is 0.333. The van der Waals surface area contributed by atoms with Crippen LogP contribution in [-0.4, -0.2) is 57.9 Å². The molecule has 0 spiro atoms. The number of hydrogen-bond donors (Lipinski definition) is 1. The zero-order valence-electron chi connectivity index (χ0n) is 20.0. The Labute approximate surface area is 197 Å². The van der Waals surface area contributed by atoms with E-state index in [2.05, 4.69) is 20.0 Å². The van der Waals surface area contributed by atoms with Crippen molar-refractivity contribution in [2.45, 2.75) is 26.8 Å². The number of carbonyl (C=O) groups is 1. The molecule has 0 saturated heterocycles. The summed E-state index contributed by atoms with van der Waals surface area (Å²) in [6, 6.07) is 5.55. The predicted octanol–water partition coefficient (Wildman–Crippen LogP) is 3.06. The van der Waals surface area contributed by atoms with Gasteiger partial charge in [-0.1, -0.05) is 0 Å². The number of nitrogens with zero attached hydrogens (tertiary/aromatic N) is 5. The number of rotatable bonds is 9. The van der Waals surface area contributed by atoms with Crippen LogP contribution in [0.1, 0.15) is 28.3 Å². The molecule has 10 nitrogen and oxygen atoms in total. The number of ether oxygens (including phenoxy) is 3. The van der Waals surface area contributed by atoms with E-state index in [0.29, 0.717) is 40.7 Å². The maximum Gasteiger partial charge on any atom is 0.256 e. The second kappa shape index (κ2) is 9.82. The number of aryl methyl sites for hydroxylation is 3. The summed E-state index contributed by atoms with van der Waals surface area (Å²) < 4.78 is 20.1. The van der Waals surface area contributed by atoms with Crippen molar-refractivity contribution in [3.63, 3.8) is 0 Å². The minimum atomic E-state index is -0.216. The summed E-state index contributed by atoms with van der Waals surface area (Å²) in [6.07, 6.45) is 6.03. The average molecular weight is 465 g/mol. The molecule has 0 unspecified atom stereocenters. The van der Waals surface area contributed by atoms with Gasteiger partial charge in [0.1, 0.15) is 11.4 Å². The van der Waals surface area contributed by atoms with Gasteiger partial charge in [0, 0.05) is 36.7 Å². The monoisotopic (exact) mass is 464 g/mol. The van der Waals surface area contributed by atoms with E-state index in [1.165, 1.54) is 0 Å². The number of fused-ring (bicyclic) bond motifs is 1. The van der Waals surface area contributed by atoms with E-state index >= 15 is 0 Å². The largest absolute Gasteiger partial charge is 0.493 e. The van der Waals surface area contributed by atoms with Crippen LogP contribution >= 0.6 is 0 Å². The summed E-state index contributed by atoms with van der Waals surface area (Å²) in [4.78, 5) is 21.9. The molecule has 4 rings (SSSR count). The molecule has 10 heteroatoms. The summed E-state index contributed by atoms with van der Waals surface area (Å²) in [5.41, 5.74) is 3.16. The lowest BCUT2D eigenvalue weighted by Crippen LogP contribution is -2.25. The van der Waals surface area contributed by atoms with E-state index in [-0.39, 0.29) is 5.91 Å². The Bertz CT molecular complexity index is 1300. The van der Waals surface area contributed by atoms with Crippen molar-refractivity contribution in [1.82, 2.24) is 29.5 Å². The van der Waals surface area contributed by atoms with Crippen LogP contribution in [0, 0.1) is 13.8 Å². The van der Waals surface area contributed by atoms with Gasteiger partial charge in [0.05, 0.1) is 33.2 Å². The number of benzene rings is 1. The Hall–Kier alpha value is -4.08. The highest BCUT2D eigenvalue weighted by atomic mass is 16.5. The summed E-state index contributed by atoms with van der Waals surface area (Å²) >= 11 is 0. The third-order valence-electron chi connectivity index (χ3n) is 5.64. The number of carbonyl (C=O) groups excluding carboxylic acids is 1. The Morgan fingerprint density at radius 3 is 2.41 bits per heavy atom. The number of imidazole rings is 1. The maximum absolute atomic E-state index is 12.9. The second-order valence-electron chi connectivity index (χ2n) is 7.77. The van der Waals surface area contributed by atoms with E-state index < -0.39 is 0 Å². The van der Waals surface area contributed by atoms with Crippen LogP contribution in [0.25, 0.3) is 16.9 Å². The molecular weight excluding hydrogens is 436 g/mol. The molecule has 0 aliphatic heterocycles. The Morgan fingerprint density at radius 2 is 1.79 bits per heavy atom. The quantitative estimate of drug-likeness (QED) is 0.380. The fourth-order valence-electron chi connectivity index (χ4n) is 3.84. The lowest BCUT2D eigenvalue weighted by atomic mass is 10.1. The molecule has 3 heterocycles. The molecule has 3 aromatic heterocycles. The van der Waals surface area contributed by atoms with Gasteiger partial charge in [-0.15, -0.1) is 0 Å². The summed E-state index contributed by atoms with van der Waals surface area (Å²) in [5.74, 6) is 2.28. The highest BCUT2D eigenvalue weighted by Crippen LogP contribution is 2.41. The molecule has 178 valence electrons. The molecule has 0 aliphatic carbocycles. The van der Waals surface area contributed by atoms with Gasteiger partial charge in [0.25, 0.3) is 5.91 Å². The van der Waals surface area contributed by atoms with Crippen LogP contribution in [-0.2, 0) is 6.54 Å². The van der Waals surface area contributed by atoms with Crippen LogP contribution in [0.15, 0.2) is 36.8 Å². The van der Waals surface area contributed by atoms with E-state index in [0.717, 1.165) is 30.0 Å². The Morgan fingerprint density at radius 1 is 1.06 bits per heavy atom. The van der Waals surface area contributed by atoms with Crippen molar-refractivity contribution >= 4 is 11.6 Å². The number of nitrogens with one attached hydrogen (secondary N) is 1. The predicted molar refractivity (Wildman–Crippen MR) is 127 cm³/mol. The van der Waals surface area contributed by atoms with Crippen molar-refractivity contribution in [1.29, 1.82) is 0 Å². The SMILES string of the molecule is COc1cc(-c2cc(C)n3ncc(C(=O)NCCCn4ccnc4C)c3n2)cc(OC)c1OC. The summed E-state index contributed by atoms with van der Waals surface area (Å²) in [5, 5.41) is 7.33. The van der Waals surface area contributed by atoms with Gasteiger partial charge in [0.2, 0.25) is 5.75 Å². The minimum absolute atomic E-state index is 0.216. The molecule has 34 heavy (non-hydrogen) atoms. The van der Waals surface area contributed by atoms with Gasteiger partial charge in [-0.05, 0) is 38.5 Å². The van der Waals surface area contributed by atoms with Crippen LogP contribution < -0.4 is 19.5 Å². The molecule has 0 saturated carbocycles. The van der Waals surface area contributed by atoms with Gasteiger partial charge in [-0.25, -0.2) is 14.5 Å². The number of methoxy groups -OCH3 is 3. The van der Waals surface area contributed by atoms with E-state index in [4.69, 9.17) is 19.2 Å². The van der Waals surface area contributed by atoms with Crippen molar-refractivity contribution in [3.05, 3.63) is 53.9 Å². The molecule has 0 radical (unpaired) electrons. The van der Waals surface area contributed by atoms with Gasteiger partial charge < -0.3 is 24.1 Å². The van der Waals surface area contributed by atoms with Crippen molar-refractivity contribution in [2.24, 2.45) is 0 Å². The van der Waals surface area contributed by atoms with Crippen molar-refractivity contribution < 1.29 is 19.0 Å². The fourth-order valence-corrected chi connectivity index (χ4v) is 3.84. The first-order valence-corrected chi connectivity index (χ1v) is 10.9. The van der Waals surface area contributed by atoms with E-state index in [9.17, 15) is 4.79 Å². The molecule has 0 aliphatic rings. The highest BCUT2D eigenvalue weighted by Gasteiger charge is 2.19. The minimum Gasteiger partial charge on any atom is -0.493 e. The first-order chi connectivity index (χ1) is 16.5. The zero-order chi connectivity index (χ0) is 24.2. The first-order valence-electron chi connectivity index (χ1n) is 10.9. The molecule has 1 N–H and O–H groups in total. The highest BCUT2D eigenvalue weighted by molar-refractivity contribution is 5.99. The molecule has 1 aromatic carbocycles. The van der Waals surface area contributed by atoms with Gasteiger partial charge in [-0.3, -0.25) is 4.79 Å². The molecule has 0 fully saturated rings. The number of amides is 1. The van der Waals surface area contributed by atoms with E-state index in [1.54, 1.807) is 38.2 Å². The average Bonchev–Trinajstić information content (AvgIpc) is 3.46. The topological polar surface area (TPSA) is 105 Å². The molecular formula is C24H28N6O4. The Kier molecular flexibility index (Phi) is 6.67. The molecule has 0 atom stereocenters. The van der Waals surface area contributed by atoms with Crippen LogP contribution in [0.5, 0.6) is 17.2 Å². The first kappa shape index (κ1) is 23.1. The standard InChI is InChI=1S/C24H28N6O4/c1-15-11-19(17-12-20(32-3)22(34-5)21(13-17)33-4)28-23-18(14-27-30(15)23)24(31)26-7-6-9-29-10-8-25-16(29)2/h8,10-14H,6-7,9H2,1-5H3,(H,26,31).